The van der Waals surface area contributed by atoms with Gasteiger partial charge in [0.2, 0.25) is 5.91 Å². The topological polar surface area (TPSA) is 79.0 Å². The van der Waals surface area contributed by atoms with E-state index in [2.05, 4.69) is 48.3 Å². The summed E-state index contributed by atoms with van der Waals surface area (Å²) in [6.07, 6.45) is 3.10. The lowest BCUT2D eigenvalue weighted by atomic mass is 9.86. The van der Waals surface area contributed by atoms with Crippen molar-refractivity contribution in [1.82, 2.24) is 15.1 Å². The Labute approximate surface area is 219 Å². The van der Waals surface area contributed by atoms with Gasteiger partial charge in [-0.05, 0) is 74.4 Å². The maximum atomic E-state index is 13.2. The molecule has 0 spiro atoms. The number of imide groups is 1. The van der Waals surface area contributed by atoms with Crippen LogP contribution in [0.3, 0.4) is 0 Å². The van der Waals surface area contributed by atoms with Crippen LogP contribution in [0.1, 0.15) is 73.5 Å². The van der Waals surface area contributed by atoms with Gasteiger partial charge in [-0.25, -0.2) is 0 Å². The summed E-state index contributed by atoms with van der Waals surface area (Å²) in [5.74, 6) is 1.36. The summed E-state index contributed by atoms with van der Waals surface area (Å²) in [5.41, 5.74) is 2.67. The lowest BCUT2D eigenvalue weighted by molar-refractivity contribution is -0.142. The van der Waals surface area contributed by atoms with Crippen molar-refractivity contribution in [3.63, 3.8) is 0 Å². The van der Waals surface area contributed by atoms with Crippen molar-refractivity contribution in [2.45, 2.75) is 71.7 Å². The van der Waals surface area contributed by atoms with Crippen LogP contribution < -0.4 is 10.1 Å². The van der Waals surface area contributed by atoms with Crippen LogP contribution in [-0.2, 0) is 29.3 Å². The molecule has 196 valence electrons. The highest BCUT2D eigenvalue weighted by atomic mass is 16.5. The molecule has 3 aliphatic rings. The SMILES string of the molecule is CC(C)C1CCN(Cc2ccc(COc3cccc4c3CN(C3(C)CCC(=O)NC3=O)C4=O)cc2)CC1. The molecule has 7 heteroatoms. The molecule has 0 radical (unpaired) electrons. The van der Waals surface area contributed by atoms with Gasteiger partial charge in [0.05, 0.1) is 6.54 Å². The number of fused-ring (bicyclic) bond motifs is 1. The molecular formula is C30H37N3O4. The summed E-state index contributed by atoms with van der Waals surface area (Å²) in [7, 11) is 0. The fourth-order valence-corrected chi connectivity index (χ4v) is 5.83. The number of carbonyl (C=O) groups excluding carboxylic acids is 3. The van der Waals surface area contributed by atoms with E-state index in [-0.39, 0.29) is 24.8 Å². The van der Waals surface area contributed by atoms with Crippen molar-refractivity contribution in [2.75, 3.05) is 13.1 Å². The van der Waals surface area contributed by atoms with Crippen molar-refractivity contribution >= 4 is 17.7 Å². The molecule has 0 aliphatic carbocycles. The fourth-order valence-electron chi connectivity index (χ4n) is 5.83. The average molecular weight is 504 g/mol. The second kappa shape index (κ2) is 10.3. The van der Waals surface area contributed by atoms with E-state index in [0.717, 1.165) is 29.5 Å². The summed E-state index contributed by atoms with van der Waals surface area (Å²) in [4.78, 5) is 41.6. The number of benzene rings is 2. The van der Waals surface area contributed by atoms with E-state index in [1.165, 1.54) is 31.5 Å². The van der Waals surface area contributed by atoms with Crippen LogP contribution in [0, 0.1) is 11.8 Å². The van der Waals surface area contributed by atoms with Crippen LogP contribution >= 0.6 is 0 Å². The van der Waals surface area contributed by atoms with Gasteiger partial charge in [-0.3, -0.25) is 24.6 Å². The highest BCUT2D eigenvalue weighted by Gasteiger charge is 2.49. The van der Waals surface area contributed by atoms with Crippen LogP contribution in [0.4, 0.5) is 0 Å². The molecule has 1 atom stereocenters. The second-order valence-electron chi connectivity index (χ2n) is 11.3. The minimum atomic E-state index is -1.05. The summed E-state index contributed by atoms with van der Waals surface area (Å²) in [6, 6.07) is 14.0. The monoisotopic (exact) mass is 503 g/mol. The highest BCUT2D eigenvalue weighted by molar-refractivity contribution is 6.07. The van der Waals surface area contributed by atoms with E-state index in [4.69, 9.17) is 4.74 Å². The second-order valence-corrected chi connectivity index (χ2v) is 11.3. The van der Waals surface area contributed by atoms with Gasteiger partial charge in [-0.2, -0.15) is 0 Å². The standard InChI is InChI=1S/C30H37N3O4/c1-20(2)23-12-15-32(16-13-23)17-21-7-9-22(10-8-21)19-37-26-6-4-5-24-25(26)18-33(28(24)35)30(3)14-11-27(34)31-29(30)36/h4-10,20,23H,11-19H2,1-3H3,(H,31,34,36). The Kier molecular flexibility index (Phi) is 7.08. The zero-order chi connectivity index (χ0) is 26.2. The minimum Gasteiger partial charge on any atom is -0.489 e. The van der Waals surface area contributed by atoms with Crippen LogP contribution in [0.2, 0.25) is 0 Å². The summed E-state index contributed by atoms with van der Waals surface area (Å²) < 4.78 is 6.18. The van der Waals surface area contributed by atoms with Crippen LogP contribution in [0.25, 0.3) is 0 Å². The molecule has 0 aromatic heterocycles. The van der Waals surface area contributed by atoms with Gasteiger partial charge in [-0.15, -0.1) is 0 Å². The van der Waals surface area contributed by atoms with Crippen LogP contribution in [-0.4, -0.2) is 46.1 Å². The third-order valence-corrected chi connectivity index (χ3v) is 8.50. The Bertz CT molecular complexity index is 1180. The molecule has 3 amide bonds. The number of nitrogens with one attached hydrogen (secondary N) is 1. The first-order chi connectivity index (χ1) is 17.7. The molecule has 1 N–H and O–H groups in total. The molecule has 1 unspecified atom stereocenters. The largest absolute Gasteiger partial charge is 0.489 e. The van der Waals surface area contributed by atoms with Gasteiger partial charge < -0.3 is 9.64 Å². The lowest BCUT2D eigenvalue weighted by Gasteiger charge is -2.39. The van der Waals surface area contributed by atoms with Crippen molar-refractivity contribution in [3.05, 3.63) is 64.7 Å². The Morgan fingerprint density at radius 3 is 2.41 bits per heavy atom. The summed E-state index contributed by atoms with van der Waals surface area (Å²) in [6.45, 7) is 10.4. The van der Waals surface area contributed by atoms with E-state index in [1.807, 2.05) is 12.1 Å². The van der Waals surface area contributed by atoms with Gasteiger partial charge in [0.15, 0.2) is 0 Å². The normalized spacial score (nSPS) is 22.9. The number of rotatable bonds is 7. The maximum Gasteiger partial charge on any atom is 0.255 e. The first kappa shape index (κ1) is 25.5. The third-order valence-electron chi connectivity index (χ3n) is 8.50. The first-order valence-corrected chi connectivity index (χ1v) is 13.5. The molecule has 3 aliphatic heterocycles. The molecule has 3 heterocycles. The Hall–Kier alpha value is -3.19. The van der Waals surface area contributed by atoms with Crippen molar-refractivity contribution < 1.29 is 19.1 Å². The maximum absolute atomic E-state index is 13.2. The number of amides is 3. The molecule has 0 saturated carbocycles. The molecule has 5 rings (SSSR count). The molecule has 2 aromatic carbocycles. The van der Waals surface area contributed by atoms with Gasteiger partial charge in [0.1, 0.15) is 17.9 Å². The number of ether oxygens (including phenoxy) is 1. The molecule has 37 heavy (non-hydrogen) atoms. The molecular weight excluding hydrogens is 466 g/mol. The minimum absolute atomic E-state index is 0.200. The average Bonchev–Trinajstić information content (AvgIpc) is 3.24. The van der Waals surface area contributed by atoms with E-state index in [9.17, 15) is 14.4 Å². The molecule has 7 nitrogen and oxygen atoms in total. The van der Waals surface area contributed by atoms with Gasteiger partial charge >= 0.3 is 0 Å². The molecule has 2 fully saturated rings. The Morgan fingerprint density at radius 2 is 1.73 bits per heavy atom. The zero-order valence-electron chi connectivity index (χ0n) is 22.1. The van der Waals surface area contributed by atoms with Crippen molar-refractivity contribution in [2.24, 2.45) is 11.8 Å². The fraction of sp³-hybridized carbons (Fsp3) is 0.500. The number of nitrogens with zero attached hydrogens (tertiary/aromatic N) is 2. The van der Waals surface area contributed by atoms with Crippen molar-refractivity contribution in [3.8, 4) is 5.75 Å². The highest BCUT2D eigenvalue weighted by Crippen LogP contribution is 2.38. The molecule has 0 bridgehead atoms. The lowest BCUT2D eigenvalue weighted by Crippen LogP contribution is -2.61. The van der Waals surface area contributed by atoms with E-state index < -0.39 is 11.4 Å². The number of hydrogen-bond acceptors (Lipinski definition) is 5. The van der Waals surface area contributed by atoms with Gasteiger partial charge in [-0.1, -0.05) is 44.2 Å². The smallest absolute Gasteiger partial charge is 0.255 e. The summed E-state index contributed by atoms with van der Waals surface area (Å²) in [5, 5.41) is 2.39. The quantitative estimate of drug-likeness (QED) is 0.571. The van der Waals surface area contributed by atoms with Gasteiger partial charge in [0, 0.05) is 24.1 Å². The van der Waals surface area contributed by atoms with E-state index in [1.54, 1.807) is 17.9 Å². The number of hydrogen-bond donors (Lipinski definition) is 1. The predicted molar refractivity (Wildman–Crippen MR) is 141 cm³/mol. The van der Waals surface area contributed by atoms with Crippen LogP contribution in [0.5, 0.6) is 5.75 Å². The predicted octanol–water partition coefficient (Wildman–Crippen LogP) is 4.28. The Morgan fingerprint density at radius 1 is 1.03 bits per heavy atom. The number of carbonyl (C=O) groups is 3. The number of likely N-dealkylation sites (tertiary alicyclic amines) is 1. The summed E-state index contributed by atoms with van der Waals surface area (Å²) >= 11 is 0. The first-order valence-electron chi connectivity index (χ1n) is 13.5. The van der Waals surface area contributed by atoms with E-state index >= 15 is 0 Å². The third kappa shape index (κ3) is 5.14. The van der Waals surface area contributed by atoms with Gasteiger partial charge in [0.25, 0.3) is 11.8 Å². The Balaban J connectivity index is 1.20. The molecule has 2 aromatic rings. The molecule has 2 saturated heterocycles. The van der Waals surface area contributed by atoms with Crippen molar-refractivity contribution in [1.29, 1.82) is 0 Å². The number of piperidine rings is 2. The van der Waals surface area contributed by atoms with Crippen LogP contribution in [0.15, 0.2) is 42.5 Å². The van der Waals surface area contributed by atoms with E-state index in [0.29, 0.717) is 24.3 Å². The zero-order valence-corrected chi connectivity index (χ0v) is 22.1.